The Kier molecular flexibility index (Phi) is 4.38. The molecule has 1 aliphatic rings. The van der Waals surface area contributed by atoms with Crippen LogP contribution in [0.15, 0.2) is 60.7 Å². The number of allylic oxidation sites excluding steroid dienone is 2. The summed E-state index contributed by atoms with van der Waals surface area (Å²) in [5.41, 5.74) is 2.73. The van der Waals surface area contributed by atoms with Crippen LogP contribution in [0.25, 0.3) is 5.57 Å². The van der Waals surface area contributed by atoms with Gasteiger partial charge in [-0.15, -0.1) is 0 Å². The topological polar surface area (TPSA) is 54.5 Å². The van der Waals surface area contributed by atoms with Gasteiger partial charge in [-0.3, -0.25) is 14.4 Å². The fraction of sp³-hybridized carbons (Fsp3) is 0.150. The fourth-order valence-electron chi connectivity index (χ4n) is 2.81. The maximum Gasteiger partial charge on any atom is 0.233 e. The number of fused-ring (bicyclic) bond motifs is 1. The number of Topliss-reactive ketones (excluding diaryl/α,β-unsaturated/α-hetero) is 1. The van der Waals surface area contributed by atoms with Crippen LogP contribution in [0, 0.1) is 0 Å². The molecule has 0 heterocycles. The first kappa shape index (κ1) is 15.9. The molecule has 3 rings (SSSR count). The first-order valence-electron chi connectivity index (χ1n) is 7.78. The molecule has 0 N–H and O–H groups in total. The Bertz CT molecular complexity index is 837. The van der Waals surface area contributed by atoms with Gasteiger partial charge in [-0.2, -0.15) is 0 Å². The Morgan fingerprint density at radius 3 is 2.25 bits per heavy atom. The van der Waals surface area contributed by atoms with E-state index in [-0.39, 0.29) is 12.3 Å². The highest BCUT2D eigenvalue weighted by atomic mass is 16.2. The van der Waals surface area contributed by atoms with E-state index in [1.54, 1.807) is 24.1 Å². The number of nitrogens with zero attached hydrogens (tertiary/aromatic N) is 1. The van der Waals surface area contributed by atoms with Crippen molar-refractivity contribution in [3.8, 4) is 0 Å². The van der Waals surface area contributed by atoms with Crippen LogP contribution in [-0.4, -0.2) is 24.5 Å². The number of para-hydroxylation sites is 1. The minimum Gasteiger partial charge on any atom is -0.315 e. The highest BCUT2D eigenvalue weighted by molar-refractivity contribution is 6.50. The second kappa shape index (κ2) is 6.62. The highest BCUT2D eigenvalue weighted by Crippen LogP contribution is 2.28. The molecule has 2 aromatic carbocycles. The molecule has 0 spiro atoms. The third-order valence-electron chi connectivity index (χ3n) is 4.17. The van der Waals surface area contributed by atoms with Gasteiger partial charge >= 0.3 is 0 Å². The van der Waals surface area contributed by atoms with Crippen molar-refractivity contribution in [1.29, 1.82) is 0 Å². The number of benzene rings is 2. The molecule has 24 heavy (non-hydrogen) atoms. The Balaban J connectivity index is 1.75. The summed E-state index contributed by atoms with van der Waals surface area (Å²) >= 11 is 0. The van der Waals surface area contributed by atoms with Gasteiger partial charge in [0.2, 0.25) is 17.5 Å². The van der Waals surface area contributed by atoms with Gasteiger partial charge in [0.05, 0.1) is 0 Å². The van der Waals surface area contributed by atoms with E-state index in [9.17, 15) is 14.4 Å². The van der Waals surface area contributed by atoms with Gasteiger partial charge in [-0.25, -0.2) is 0 Å². The lowest BCUT2D eigenvalue weighted by molar-refractivity contribution is -0.118. The van der Waals surface area contributed by atoms with Gasteiger partial charge in [0.25, 0.3) is 0 Å². The molecule has 1 aliphatic carbocycles. The zero-order valence-corrected chi connectivity index (χ0v) is 13.4. The standard InChI is InChI=1S/C20H17NO3/c1-21(15-7-3-2-4-8-15)19(23)12-11-14-13-18(22)20(24)17-10-6-5-9-16(14)17/h2-10,13H,11-12H2,1H3. The number of amides is 1. The lowest BCUT2D eigenvalue weighted by Gasteiger charge is -2.19. The van der Waals surface area contributed by atoms with Crippen molar-refractivity contribution >= 4 is 28.7 Å². The van der Waals surface area contributed by atoms with Crippen LogP contribution < -0.4 is 4.90 Å². The zero-order valence-electron chi connectivity index (χ0n) is 13.4. The van der Waals surface area contributed by atoms with E-state index in [4.69, 9.17) is 0 Å². The van der Waals surface area contributed by atoms with Crippen molar-refractivity contribution in [3.63, 3.8) is 0 Å². The fourth-order valence-corrected chi connectivity index (χ4v) is 2.81. The van der Waals surface area contributed by atoms with E-state index < -0.39 is 11.6 Å². The van der Waals surface area contributed by atoms with Crippen LogP contribution >= 0.6 is 0 Å². The molecule has 4 nitrogen and oxygen atoms in total. The molecule has 2 aromatic rings. The largest absolute Gasteiger partial charge is 0.315 e. The van der Waals surface area contributed by atoms with Crippen LogP contribution in [0.3, 0.4) is 0 Å². The Hall–Kier alpha value is -3.01. The predicted octanol–water partition coefficient (Wildman–Crippen LogP) is 3.28. The number of carbonyl (C=O) groups excluding carboxylic acids is 3. The summed E-state index contributed by atoms with van der Waals surface area (Å²) in [4.78, 5) is 37.8. The Morgan fingerprint density at radius 2 is 1.54 bits per heavy atom. The molecule has 120 valence electrons. The molecule has 0 saturated heterocycles. The lowest BCUT2D eigenvalue weighted by atomic mass is 9.87. The van der Waals surface area contributed by atoms with Gasteiger partial charge < -0.3 is 4.90 Å². The van der Waals surface area contributed by atoms with Crippen molar-refractivity contribution in [2.75, 3.05) is 11.9 Å². The minimum absolute atomic E-state index is 0.0380. The molecule has 0 aliphatic heterocycles. The number of carbonyl (C=O) groups is 3. The maximum atomic E-state index is 12.4. The number of rotatable bonds is 4. The molecule has 0 fully saturated rings. The molecule has 0 bridgehead atoms. The van der Waals surface area contributed by atoms with E-state index in [1.165, 1.54) is 6.08 Å². The molecule has 0 saturated carbocycles. The number of hydrogen-bond donors (Lipinski definition) is 0. The first-order chi connectivity index (χ1) is 11.6. The summed E-state index contributed by atoms with van der Waals surface area (Å²) in [5, 5.41) is 0. The SMILES string of the molecule is CN(C(=O)CCC1=CC(=O)C(=O)c2ccccc21)c1ccccc1. The number of ketones is 2. The molecule has 1 amide bonds. The van der Waals surface area contributed by atoms with Gasteiger partial charge in [-0.1, -0.05) is 42.5 Å². The molecule has 4 heteroatoms. The van der Waals surface area contributed by atoms with Crippen molar-refractivity contribution in [2.45, 2.75) is 12.8 Å². The van der Waals surface area contributed by atoms with Gasteiger partial charge in [0.15, 0.2) is 0 Å². The van der Waals surface area contributed by atoms with Crippen LogP contribution in [0.1, 0.15) is 28.8 Å². The van der Waals surface area contributed by atoms with Gasteiger partial charge in [0.1, 0.15) is 0 Å². The van der Waals surface area contributed by atoms with E-state index in [1.807, 2.05) is 42.5 Å². The Morgan fingerprint density at radius 1 is 0.917 bits per heavy atom. The van der Waals surface area contributed by atoms with Crippen molar-refractivity contribution in [1.82, 2.24) is 0 Å². The molecular formula is C20H17NO3. The molecule has 0 radical (unpaired) electrons. The molecular weight excluding hydrogens is 302 g/mol. The quantitative estimate of drug-likeness (QED) is 0.813. The normalized spacial score (nSPS) is 13.3. The minimum atomic E-state index is -0.521. The monoisotopic (exact) mass is 319 g/mol. The summed E-state index contributed by atoms with van der Waals surface area (Å²) in [6.45, 7) is 0. The predicted molar refractivity (Wildman–Crippen MR) is 92.8 cm³/mol. The van der Waals surface area contributed by atoms with E-state index >= 15 is 0 Å². The zero-order chi connectivity index (χ0) is 17.1. The van der Waals surface area contributed by atoms with E-state index in [0.29, 0.717) is 12.0 Å². The highest BCUT2D eigenvalue weighted by Gasteiger charge is 2.25. The molecule has 0 unspecified atom stereocenters. The van der Waals surface area contributed by atoms with E-state index in [2.05, 4.69) is 0 Å². The van der Waals surface area contributed by atoms with Gasteiger partial charge in [0, 0.05) is 24.7 Å². The number of anilines is 1. The van der Waals surface area contributed by atoms with Crippen molar-refractivity contribution in [2.24, 2.45) is 0 Å². The first-order valence-corrected chi connectivity index (χ1v) is 7.78. The maximum absolute atomic E-state index is 12.4. The second-order valence-electron chi connectivity index (χ2n) is 5.70. The third-order valence-corrected chi connectivity index (χ3v) is 4.17. The third kappa shape index (κ3) is 3.04. The van der Waals surface area contributed by atoms with Crippen LogP contribution in [0.5, 0.6) is 0 Å². The van der Waals surface area contributed by atoms with Crippen molar-refractivity contribution < 1.29 is 14.4 Å². The van der Waals surface area contributed by atoms with E-state index in [0.717, 1.165) is 16.8 Å². The summed E-state index contributed by atoms with van der Waals surface area (Å²) in [6, 6.07) is 16.4. The average molecular weight is 319 g/mol. The molecule has 0 atom stereocenters. The number of hydrogen-bond acceptors (Lipinski definition) is 3. The summed E-state index contributed by atoms with van der Waals surface area (Å²) < 4.78 is 0. The lowest BCUT2D eigenvalue weighted by Crippen LogP contribution is -2.26. The van der Waals surface area contributed by atoms with Crippen LogP contribution in [0.2, 0.25) is 0 Å². The summed E-state index contributed by atoms with van der Waals surface area (Å²) in [5.74, 6) is -1.04. The summed E-state index contributed by atoms with van der Waals surface area (Å²) in [6.07, 6.45) is 2.06. The summed E-state index contributed by atoms with van der Waals surface area (Å²) in [7, 11) is 1.73. The van der Waals surface area contributed by atoms with Gasteiger partial charge in [-0.05, 0) is 35.8 Å². The second-order valence-corrected chi connectivity index (χ2v) is 5.70. The Labute approximate surface area is 140 Å². The van der Waals surface area contributed by atoms with Crippen molar-refractivity contribution in [3.05, 3.63) is 71.8 Å². The smallest absolute Gasteiger partial charge is 0.233 e. The van der Waals surface area contributed by atoms with Crippen LogP contribution in [-0.2, 0) is 9.59 Å². The molecule has 0 aromatic heterocycles. The van der Waals surface area contributed by atoms with Crippen LogP contribution in [0.4, 0.5) is 5.69 Å². The average Bonchev–Trinajstić information content (AvgIpc) is 2.63.